The van der Waals surface area contributed by atoms with Gasteiger partial charge in [-0.3, -0.25) is 9.69 Å². The van der Waals surface area contributed by atoms with Gasteiger partial charge in [0.1, 0.15) is 11.5 Å². The fourth-order valence-electron chi connectivity index (χ4n) is 4.63. The summed E-state index contributed by atoms with van der Waals surface area (Å²) in [6, 6.07) is 6.03. The maximum absolute atomic E-state index is 13.2. The van der Waals surface area contributed by atoms with Crippen LogP contribution < -0.4 is 9.47 Å². The topological polar surface area (TPSA) is 42.0 Å². The highest BCUT2D eigenvalue weighted by Gasteiger charge is 2.48. The molecule has 3 aliphatic rings. The van der Waals surface area contributed by atoms with Crippen LogP contribution >= 0.6 is 0 Å². The van der Waals surface area contributed by atoms with Crippen LogP contribution in [-0.4, -0.2) is 56.1 Å². The molecule has 5 nitrogen and oxygen atoms in total. The van der Waals surface area contributed by atoms with E-state index in [1.807, 2.05) is 6.07 Å². The minimum atomic E-state index is -0.143. The van der Waals surface area contributed by atoms with E-state index in [1.165, 1.54) is 18.4 Å². The summed E-state index contributed by atoms with van der Waals surface area (Å²) in [6.45, 7) is 4.66. The molecule has 0 radical (unpaired) electrons. The zero-order valence-corrected chi connectivity index (χ0v) is 16.0. The minimum absolute atomic E-state index is 0.143. The molecule has 1 spiro atoms. The van der Waals surface area contributed by atoms with Crippen LogP contribution in [0.5, 0.6) is 11.5 Å². The third-order valence-electron chi connectivity index (χ3n) is 6.25. The van der Waals surface area contributed by atoms with E-state index in [0.29, 0.717) is 5.91 Å². The maximum atomic E-state index is 13.2. The van der Waals surface area contributed by atoms with E-state index in [4.69, 9.17) is 9.47 Å². The first-order valence-corrected chi connectivity index (χ1v) is 9.85. The maximum Gasteiger partial charge on any atom is 0.230 e. The fraction of sp³-hybridized carbons (Fsp3) is 0.667. The largest absolute Gasteiger partial charge is 0.497 e. The molecule has 2 saturated heterocycles. The van der Waals surface area contributed by atoms with Gasteiger partial charge < -0.3 is 14.4 Å². The van der Waals surface area contributed by atoms with Crippen LogP contribution in [0.4, 0.5) is 0 Å². The van der Waals surface area contributed by atoms with Gasteiger partial charge in [-0.05, 0) is 62.3 Å². The van der Waals surface area contributed by atoms with Gasteiger partial charge in [0.15, 0.2) is 0 Å². The first-order valence-electron chi connectivity index (χ1n) is 9.85. The third-order valence-corrected chi connectivity index (χ3v) is 6.25. The Hall–Kier alpha value is -1.75. The highest BCUT2D eigenvalue weighted by atomic mass is 16.5. The van der Waals surface area contributed by atoms with Crippen molar-refractivity contribution in [3.05, 3.63) is 23.8 Å². The first kappa shape index (κ1) is 17.7. The van der Waals surface area contributed by atoms with Crippen LogP contribution in [0.15, 0.2) is 18.2 Å². The second-order valence-corrected chi connectivity index (χ2v) is 8.26. The highest BCUT2D eigenvalue weighted by molar-refractivity contribution is 5.84. The lowest BCUT2D eigenvalue weighted by Crippen LogP contribution is -2.50. The molecule has 1 atom stereocenters. The van der Waals surface area contributed by atoms with Crippen molar-refractivity contribution >= 4 is 5.91 Å². The second kappa shape index (κ2) is 7.10. The van der Waals surface area contributed by atoms with E-state index in [-0.39, 0.29) is 5.41 Å². The summed E-state index contributed by atoms with van der Waals surface area (Å²) >= 11 is 0. The van der Waals surface area contributed by atoms with E-state index in [9.17, 15) is 4.79 Å². The van der Waals surface area contributed by atoms with Crippen molar-refractivity contribution in [1.82, 2.24) is 9.80 Å². The zero-order chi connectivity index (χ0) is 18.1. The molecule has 142 valence electrons. The quantitative estimate of drug-likeness (QED) is 0.784. The summed E-state index contributed by atoms with van der Waals surface area (Å²) in [5.41, 5.74) is 1.03. The average molecular weight is 358 g/mol. The van der Waals surface area contributed by atoms with Crippen molar-refractivity contribution in [2.45, 2.75) is 38.6 Å². The van der Waals surface area contributed by atoms with E-state index in [0.717, 1.165) is 69.4 Å². The van der Waals surface area contributed by atoms with Crippen LogP contribution in [0.25, 0.3) is 0 Å². The Balaban J connectivity index is 1.43. The molecule has 1 aromatic carbocycles. The number of carbonyl (C=O) groups excluding carboxylic acids is 1. The van der Waals surface area contributed by atoms with Crippen LogP contribution in [0.3, 0.4) is 0 Å². The number of likely N-dealkylation sites (tertiary alicyclic amines) is 2. The molecule has 0 N–H and O–H groups in total. The number of hydrogen-bond donors (Lipinski definition) is 0. The SMILES string of the molecule is COc1cc(CN2CC[C@]3(CCCN(CC4CC4)C3=O)C2)cc(OC)c1. The first-order chi connectivity index (χ1) is 12.6. The molecule has 1 aromatic rings. The summed E-state index contributed by atoms with van der Waals surface area (Å²) in [5.74, 6) is 2.83. The molecule has 0 aromatic heterocycles. The van der Waals surface area contributed by atoms with E-state index in [2.05, 4.69) is 21.9 Å². The molecule has 26 heavy (non-hydrogen) atoms. The number of nitrogens with zero attached hydrogens (tertiary/aromatic N) is 2. The number of piperidine rings is 1. The molecule has 0 unspecified atom stereocenters. The molecule has 0 bridgehead atoms. The van der Waals surface area contributed by atoms with Gasteiger partial charge in [-0.1, -0.05) is 0 Å². The number of carbonyl (C=O) groups is 1. The predicted octanol–water partition coefficient (Wildman–Crippen LogP) is 2.93. The molecule has 1 aliphatic carbocycles. The van der Waals surface area contributed by atoms with Crippen LogP contribution in [0.2, 0.25) is 0 Å². The molecular formula is C21H30N2O3. The summed E-state index contributed by atoms with van der Waals surface area (Å²) < 4.78 is 10.8. The normalized spacial score (nSPS) is 26.5. The molecular weight excluding hydrogens is 328 g/mol. The monoisotopic (exact) mass is 358 g/mol. The fourth-order valence-corrected chi connectivity index (χ4v) is 4.63. The van der Waals surface area contributed by atoms with Crippen molar-refractivity contribution in [3.8, 4) is 11.5 Å². The molecule has 1 saturated carbocycles. The summed E-state index contributed by atoms with van der Waals surface area (Å²) in [6.07, 6.45) is 5.81. The van der Waals surface area contributed by atoms with Gasteiger partial charge >= 0.3 is 0 Å². The van der Waals surface area contributed by atoms with Gasteiger partial charge in [-0.25, -0.2) is 0 Å². The summed E-state index contributed by atoms with van der Waals surface area (Å²) in [7, 11) is 3.36. The molecule has 2 aliphatic heterocycles. The Kier molecular flexibility index (Phi) is 4.82. The predicted molar refractivity (Wildman–Crippen MR) is 100 cm³/mol. The van der Waals surface area contributed by atoms with Gasteiger partial charge in [-0.15, -0.1) is 0 Å². The summed E-state index contributed by atoms with van der Waals surface area (Å²) in [5, 5.41) is 0. The van der Waals surface area contributed by atoms with Crippen molar-refractivity contribution in [2.75, 3.05) is 40.4 Å². The van der Waals surface area contributed by atoms with Gasteiger partial charge in [0.2, 0.25) is 5.91 Å². The van der Waals surface area contributed by atoms with Crippen LogP contribution in [0, 0.1) is 11.3 Å². The molecule has 1 amide bonds. The van der Waals surface area contributed by atoms with Crippen molar-refractivity contribution < 1.29 is 14.3 Å². The lowest BCUT2D eigenvalue weighted by atomic mass is 9.78. The van der Waals surface area contributed by atoms with E-state index >= 15 is 0 Å². The molecule has 2 heterocycles. The standard InChI is InChI=1S/C21H30N2O3/c1-25-18-10-17(11-19(12-18)26-2)13-22-9-7-21(15-22)6-3-8-23(20(21)24)14-16-4-5-16/h10-12,16H,3-9,13-15H2,1-2H3/t21-/m1/s1. The van der Waals surface area contributed by atoms with Gasteiger partial charge in [0, 0.05) is 32.2 Å². The number of hydrogen-bond acceptors (Lipinski definition) is 4. The third kappa shape index (κ3) is 3.54. The Morgan fingerprint density at radius 3 is 2.46 bits per heavy atom. The Morgan fingerprint density at radius 2 is 1.81 bits per heavy atom. The van der Waals surface area contributed by atoms with E-state index < -0.39 is 0 Å². The zero-order valence-electron chi connectivity index (χ0n) is 16.0. The summed E-state index contributed by atoms with van der Waals surface area (Å²) in [4.78, 5) is 17.8. The number of amides is 1. The van der Waals surface area contributed by atoms with E-state index in [1.54, 1.807) is 14.2 Å². The van der Waals surface area contributed by atoms with Crippen LogP contribution in [0.1, 0.15) is 37.7 Å². The van der Waals surface area contributed by atoms with Crippen molar-refractivity contribution in [3.63, 3.8) is 0 Å². The Morgan fingerprint density at radius 1 is 1.08 bits per heavy atom. The van der Waals surface area contributed by atoms with Gasteiger partial charge in [0.25, 0.3) is 0 Å². The number of ether oxygens (including phenoxy) is 2. The Bertz CT molecular complexity index is 651. The van der Waals surface area contributed by atoms with Crippen LogP contribution in [-0.2, 0) is 11.3 Å². The smallest absolute Gasteiger partial charge is 0.230 e. The highest BCUT2D eigenvalue weighted by Crippen LogP contribution is 2.42. The molecule has 5 heteroatoms. The average Bonchev–Trinajstić information content (AvgIpc) is 3.39. The number of methoxy groups -OCH3 is 2. The number of rotatable bonds is 6. The molecule has 4 rings (SSSR count). The lowest BCUT2D eigenvalue weighted by molar-refractivity contribution is -0.145. The Labute approximate surface area is 156 Å². The minimum Gasteiger partial charge on any atom is -0.497 e. The van der Waals surface area contributed by atoms with Gasteiger partial charge in [-0.2, -0.15) is 0 Å². The van der Waals surface area contributed by atoms with Crippen molar-refractivity contribution in [1.29, 1.82) is 0 Å². The number of benzene rings is 1. The molecule has 3 fully saturated rings. The second-order valence-electron chi connectivity index (χ2n) is 8.26. The lowest BCUT2D eigenvalue weighted by Gasteiger charge is -2.39. The van der Waals surface area contributed by atoms with Gasteiger partial charge in [0.05, 0.1) is 19.6 Å². The van der Waals surface area contributed by atoms with Crippen molar-refractivity contribution in [2.24, 2.45) is 11.3 Å².